The van der Waals surface area contributed by atoms with Crippen molar-refractivity contribution in [1.82, 2.24) is 0 Å². The highest BCUT2D eigenvalue weighted by Gasteiger charge is 2.32. The van der Waals surface area contributed by atoms with Crippen LogP contribution in [-0.4, -0.2) is 45.6 Å². The number of carbonyl (C=O) groups excluding carboxylic acids is 2. The van der Waals surface area contributed by atoms with Crippen LogP contribution >= 0.6 is 0 Å². The quantitative estimate of drug-likeness (QED) is 0.314. The van der Waals surface area contributed by atoms with Crippen LogP contribution in [0.5, 0.6) is 0 Å². The Morgan fingerprint density at radius 2 is 1.33 bits per heavy atom. The Morgan fingerprint density at radius 3 is 1.76 bits per heavy atom. The van der Waals surface area contributed by atoms with Crippen molar-refractivity contribution >= 4 is 11.9 Å². The zero-order valence-electron chi connectivity index (χ0n) is 13.5. The molecule has 0 heterocycles. The van der Waals surface area contributed by atoms with Gasteiger partial charge in [0, 0.05) is 12.8 Å². The van der Waals surface area contributed by atoms with Gasteiger partial charge in [0.05, 0.1) is 12.2 Å². The van der Waals surface area contributed by atoms with Crippen molar-refractivity contribution in [3.05, 3.63) is 0 Å². The topological polar surface area (TPSA) is 102 Å². The van der Waals surface area contributed by atoms with Crippen molar-refractivity contribution < 1.29 is 34.3 Å². The second-order valence-corrected chi connectivity index (χ2v) is 6.47. The number of hydrogen-bond donors (Lipinski definition) is 2. The normalized spacial score (nSPS) is 15.2. The lowest BCUT2D eigenvalue weighted by Crippen LogP contribution is -2.37. The molecule has 2 unspecified atom stereocenters. The van der Waals surface area contributed by atoms with E-state index in [2.05, 4.69) is 4.89 Å². The Morgan fingerprint density at radius 1 is 0.905 bits per heavy atom. The first-order valence-corrected chi connectivity index (χ1v) is 6.84. The van der Waals surface area contributed by atoms with E-state index in [0.29, 0.717) is 0 Å². The molecule has 0 aliphatic rings. The Labute approximate surface area is 125 Å². The SMILES string of the molecule is CC(O)CC(C)(C)OOC(=O)C(=O)OC(C)(C)CC(C)O. The van der Waals surface area contributed by atoms with Crippen molar-refractivity contribution in [2.45, 2.75) is 77.8 Å². The molecule has 0 saturated heterocycles. The molecule has 2 atom stereocenters. The minimum atomic E-state index is -1.28. The number of carbonyl (C=O) groups is 2. The smallest absolute Gasteiger partial charge is 0.449 e. The van der Waals surface area contributed by atoms with Gasteiger partial charge in [0.2, 0.25) is 0 Å². The molecule has 0 aromatic carbocycles. The first-order chi connectivity index (χ1) is 9.34. The van der Waals surface area contributed by atoms with Gasteiger partial charge in [-0.25, -0.2) is 9.59 Å². The molecule has 0 spiro atoms. The molecule has 0 aliphatic heterocycles. The Hall–Kier alpha value is -1.18. The molecule has 0 saturated carbocycles. The molecule has 0 aromatic rings. The summed E-state index contributed by atoms with van der Waals surface area (Å²) < 4.78 is 4.95. The predicted molar refractivity (Wildman–Crippen MR) is 74.0 cm³/mol. The highest BCUT2D eigenvalue weighted by molar-refractivity contribution is 6.29. The zero-order valence-corrected chi connectivity index (χ0v) is 13.5. The summed E-state index contributed by atoms with van der Waals surface area (Å²) >= 11 is 0. The number of ether oxygens (including phenoxy) is 1. The molecule has 0 fully saturated rings. The fourth-order valence-corrected chi connectivity index (χ4v) is 1.98. The van der Waals surface area contributed by atoms with Crippen molar-refractivity contribution in [1.29, 1.82) is 0 Å². The number of esters is 1. The van der Waals surface area contributed by atoms with Crippen molar-refractivity contribution in [3.63, 3.8) is 0 Å². The van der Waals surface area contributed by atoms with Gasteiger partial charge in [-0.05, 0) is 41.5 Å². The Kier molecular flexibility index (Phi) is 7.29. The van der Waals surface area contributed by atoms with E-state index in [0.717, 1.165) is 0 Å². The first kappa shape index (κ1) is 19.8. The highest BCUT2D eigenvalue weighted by atomic mass is 17.2. The molecule has 124 valence electrons. The average Bonchev–Trinajstić information content (AvgIpc) is 2.21. The molecule has 0 amide bonds. The summed E-state index contributed by atoms with van der Waals surface area (Å²) in [4.78, 5) is 32.4. The van der Waals surface area contributed by atoms with E-state index in [-0.39, 0.29) is 12.8 Å². The Balaban J connectivity index is 4.38. The number of rotatable bonds is 7. The highest BCUT2D eigenvalue weighted by Crippen LogP contribution is 2.19. The molecule has 0 aliphatic carbocycles. The monoisotopic (exact) mass is 306 g/mol. The van der Waals surface area contributed by atoms with E-state index in [1.807, 2.05) is 0 Å². The second kappa shape index (κ2) is 7.72. The summed E-state index contributed by atoms with van der Waals surface area (Å²) in [5.74, 6) is -2.49. The first-order valence-electron chi connectivity index (χ1n) is 6.84. The van der Waals surface area contributed by atoms with E-state index < -0.39 is 35.3 Å². The standard InChI is InChI=1S/C14H26O7/c1-9(15)7-13(3,4)19-11(17)12(18)20-21-14(5,6)8-10(2)16/h9-10,15-16H,7-8H2,1-6H3. The van der Waals surface area contributed by atoms with Gasteiger partial charge in [0.1, 0.15) is 11.2 Å². The number of aliphatic hydroxyl groups excluding tert-OH is 2. The largest absolute Gasteiger partial charge is 0.451 e. The number of hydrogen-bond acceptors (Lipinski definition) is 7. The molecule has 2 N–H and O–H groups in total. The van der Waals surface area contributed by atoms with Gasteiger partial charge in [-0.3, -0.25) is 4.89 Å². The van der Waals surface area contributed by atoms with E-state index in [1.165, 1.54) is 0 Å². The molecule has 0 radical (unpaired) electrons. The van der Waals surface area contributed by atoms with Crippen LogP contribution in [0.15, 0.2) is 0 Å². The Bertz CT molecular complexity index is 358. The summed E-state index contributed by atoms with van der Waals surface area (Å²) in [7, 11) is 0. The van der Waals surface area contributed by atoms with Crippen LogP contribution in [0.2, 0.25) is 0 Å². The van der Waals surface area contributed by atoms with Crippen LogP contribution in [0.25, 0.3) is 0 Å². The average molecular weight is 306 g/mol. The molecule has 21 heavy (non-hydrogen) atoms. The van der Waals surface area contributed by atoms with Crippen LogP contribution < -0.4 is 0 Å². The summed E-state index contributed by atoms with van der Waals surface area (Å²) in [6.45, 7) is 9.48. The summed E-state index contributed by atoms with van der Waals surface area (Å²) in [6, 6.07) is 0. The van der Waals surface area contributed by atoms with Gasteiger partial charge >= 0.3 is 11.9 Å². The van der Waals surface area contributed by atoms with Crippen molar-refractivity contribution in [3.8, 4) is 0 Å². The predicted octanol–water partition coefficient (Wildman–Crippen LogP) is 1.10. The molecule has 0 aromatic heterocycles. The fraction of sp³-hybridized carbons (Fsp3) is 0.857. The molecular formula is C14H26O7. The summed E-state index contributed by atoms with van der Waals surface area (Å²) in [5.41, 5.74) is -1.93. The zero-order chi connectivity index (χ0) is 16.8. The maximum absolute atomic E-state index is 11.6. The third kappa shape index (κ3) is 9.38. The third-order valence-electron chi connectivity index (χ3n) is 2.45. The molecule has 7 heteroatoms. The lowest BCUT2D eigenvalue weighted by Gasteiger charge is -2.26. The van der Waals surface area contributed by atoms with Crippen LogP contribution in [0.4, 0.5) is 0 Å². The van der Waals surface area contributed by atoms with Crippen LogP contribution in [-0.2, 0) is 24.1 Å². The van der Waals surface area contributed by atoms with Gasteiger partial charge in [0.25, 0.3) is 0 Å². The van der Waals surface area contributed by atoms with E-state index in [1.54, 1.807) is 41.5 Å². The van der Waals surface area contributed by atoms with Crippen LogP contribution in [0.3, 0.4) is 0 Å². The summed E-state index contributed by atoms with van der Waals surface area (Å²) in [5, 5.41) is 18.5. The van der Waals surface area contributed by atoms with Gasteiger partial charge in [-0.15, -0.1) is 0 Å². The lowest BCUT2D eigenvalue weighted by molar-refractivity contribution is -0.327. The lowest BCUT2D eigenvalue weighted by atomic mass is 10.0. The van der Waals surface area contributed by atoms with Crippen molar-refractivity contribution in [2.24, 2.45) is 0 Å². The minimum Gasteiger partial charge on any atom is -0.451 e. The molecule has 0 rings (SSSR count). The minimum absolute atomic E-state index is 0.181. The molecule has 7 nitrogen and oxygen atoms in total. The van der Waals surface area contributed by atoms with Gasteiger partial charge in [0.15, 0.2) is 0 Å². The fourth-order valence-electron chi connectivity index (χ4n) is 1.98. The van der Waals surface area contributed by atoms with Gasteiger partial charge in [-0.1, -0.05) is 0 Å². The molecule has 0 bridgehead atoms. The maximum Gasteiger partial charge on any atom is 0.449 e. The van der Waals surface area contributed by atoms with Crippen LogP contribution in [0, 0.1) is 0 Å². The van der Waals surface area contributed by atoms with E-state index in [9.17, 15) is 19.8 Å². The van der Waals surface area contributed by atoms with E-state index >= 15 is 0 Å². The van der Waals surface area contributed by atoms with Crippen LogP contribution in [0.1, 0.15) is 54.4 Å². The third-order valence-corrected chi connectivity index (χ3v) is 2.45. The molecular weight excluding hydrogens is 280 g/mol. The van der Waals surface area contributed by atoms with Crippen molar-refractivity contribution in [2.75, 3.05) is 0 Å². The second-order valence-electron chi connectivity index (χ2n) is 6.47. The summed E-state index contributed by atoms with van der Waals surface area (Å²) in [6.07, 6.45) is -0.913. The van der Waals surface area contributed by atoms with Gasteiger partial charge in [-0.2, -0.15) is 4.89 Å². The van der Waals surface area contributed by atoms with Gasteiger partial charge < -0.3 is 14.9 Å². The van der Waals surface area contributed by atoms with E-state index in [4.69, 9.17) is 9.62 Å². The number of aliphatic hydroxyl groups is 2. The maximum atomic E-state index is 11.6.